The van der Waals surface area contributed by atoms with E-state index in [9.17, 15) is 9.59 Å². The van der Waals surface area contributed by atoms with Gasteiger partial charge in [-0.25, -0.2) is 0 Å². The molecule has 0 radical (unpaired) electrons. The van der Waals surface area contributed by atoms with Crippen LogP contribution in [-0.2, 0) is 9.59 Å². The standard InChI is InChI=1S/C10H16O2/c1-7(2)5-6-10(8(3)11)9(4)12/h5,10H,6H2,1-4H3. The Hall–Kier alpha value is -0.920. The van der Waals surface area contributed by atoms with Crippen LogP contribution in [0.2, 0.25) is 0 Å². The van der Waals surface area contributed by atoms with E-state index in [4.69, 9.17) is 0 Å². The predicted octanol–water partition coefficient (Wildman–Crippen LogP) is 2.14. The molecule has 0 amide bonds. The van der Waals surface area contributed by atoms with Gasteiger partial charge < -0.3 is 0 Å². The third-order valence-electron chi connectivity index (χ3n) is 1.74. The highest BCUT2D eigenvalue weighted by atomic mass is 16.1. The van der Waals surface area contributed by atoms with Gasteiger partial charge in [-0.2, -0.15) is 0 Å². The van der Waals surface area contributed by atoms with Gasteiger partial charge in [0.1, 0.15) is 11.6 Å². The van der Waals surface area contributed by atoms with Crippen molar-refractivity contribution in [3.8, 4) is 0 Å². The number of carbonyl (C=O) groups excluding carboxylic acids is 2. The highest BCUT2D eigenvalue weighted by Gasteiger charge is 2.17. The van der Waals surface area contributed by atoms with Crippen LogP contribution in [0.15, 0.2) is 11.6 Å². The Morgan fingerprint density at radius 3 is 1.75 bits per heavy atom. The van der Waals surface area contributed by atoms with E-state index in [1.807, 2.05) is 19.9 Å². The van der Waals surface area contributed by atoms with Gasteiger partial charge in [-0.3, -0.25) is 9.59 Å². The normalized spacial score (nSPS) is 9.75. The minimum atomic E-state index is -0.431. The molecule has 0 aliphatic rings. The Labute approximate surface area is 73.7 Å². The Morgan fingerprint density at radius 2 is 1.50 bits per heavy atom. The minimum Gasteiger partial charge on any atom is -0.299 e. The summed E-state index contributed by atoms with van der Waals surface area (Å²) in [5, 5.41) is 0. The van der Waals surface area contributed by atoms with Gasteiger partial charge in [-0.1, -0.05) is 11.6 Å². The average molecular weight is 168 g/mol. The van der Waals surface area contributed by atoms with Gasteiger partial charge in [0.05, 0.1) is 5.92 Å². The summed E-state index contributed by atoms with van der Waals surface area (Å²) in [7, 11) is 0. The van der Waals surface area contributed by atoms with E-state index in [1.165, 1.54) is 13.8 Å². The molecule has 0 fully saturated rings. The van der Waals surface area contributed by atoms with Crippen molar-refractivity contribution in [1.29, 1.82) is 0 Å². The molecule has 0 saturated carbocycles. The van der Waals surface area contributed by atoms with Gasteiger partial charge in [-0.05, 0) is 34.1 Å². The molecule has 0 aliphatic heterocycles. The van der Waals surface area contributed by atoms with Crippen LogP contribution in [0, 0.1) is 5.92 Å². The number of carbonyl (C=O) groups is 2. The Kier molecular flexibility index (Phi) is 4.49. The van der Waals surface area contributed by atoms with Crippen LogP contribution in [0.1, 0.15) is 34.1 Å². The van der Waals surface area contributed by atoms with Crippen molar-refractivity contribution in [1.82, 2.24) is 0 Å². The van der Waals surface area contributed by atoms with E-state index in [0.717, 1.165) is 5.57 Å². The van der Waals surface area contributed by atoms with Gasteiger partial charge >= 0.3 is 0 Å². The molecule has 0 heterocycles. The summed E-state index contributed by atoms with van der Waals surface area (Å²) >= 11 is 0. The maximum absolute atomic E-state index is 10.9. The van der Waals surface area contributed by atoms with Crippen LogP contribution in [0.5, 0.6) is 0 Å². The van der Waals surface area contributed by atoms with Crippen LogP contribution in [0.25, 0.3) is 0 Å². The van der Waals surface area contributed by atoms with E-state index in [0.29, 0.717) is 6.42 Å². The summed E-state index contributed by atoms with van der Waals surface area (Å²) in [5.41, 5.74) is 1.14. The van der Waals surface area contributed by atoms with Crippen molar-refractivity contribution in [2.24, 2.45) is 5.92 Å². The maximum atomic E-state index is 10.9. The topological polar surface area (TPSA) is 34.1 Å². The van der Waals surface area contributed by atoms with E-state index < -0.39 is 5.92 Å². The molecule has 12 heavy (non-hydrogen) atoms. The molecule has 0 saturated heterocycles. The van der Waals surface area contributed by atoms with Crippen LogP contribution in [-0.4, -0.2) is 11.6 Å². The van der Waals surface area contributed by atoms with Crippen LogP contribution < -0.4 is 0 Å². The molecule has 0 bridgehead atoms. The third kappa shape index (κ3) is 4.06. The summed E-state index contributed by atoms with van der Waals surface area (Å²) in [6.07, 6.45) is 2.47. The lowest BCUT2D eigenvalue weighted by molar-refractivity contribution is -0.130. The molecule has 2 nitrogen and oxygen atoms in total. The maximum Gasteiger partial charge on any atom is 0.140 e. The highest BCUT2D eigenvalue weighted by molar-refractivity contribution is 6.00. The fourth-order valence-electron chi connectivity index (χ4n) is 0.972. The first-order chi connectivity index (χ1) is 5.45. The monoisotopic (exact) mass is 168 g/mol. The van der Waals surface area contributed by atoms with Crippen LogP contribution in [0.3, 0.4) is 0 Å². The molecule has 0 N–H and O–H groups in total. The molecule has 0 aromatic carbocycles. The summed E-state index contributed by atoms with van der Waals surface area (Å²) in [5.74, 6) is -0.514. The Balaban J connectivity index is 4.25. The molecule has 0 atom stereocenters. The molecule has 0 aliphatic carbocycles. The number of rotatable bonds is 4. The number of allylic oxidation sites excluding steroid dienone is 2. The molecule has 0 rings (SSSR count). The minimum absolute atomic E-state index is 0.0417. The summed E-state index contributed by atoms with van der Waals surface area (Å²) in [4.78, 5) is 21.9. The average Bonchev–Trinajstić information content (AvgIpc) is 1.84. The molecule has 0 aromatic heterocycles. The van der Waals surface area contributed by atoms with Gasteiger partial charge in [0.25, 0.3) is 0 Å². The zero-order valence-corrected chi connectivity index (χ0v) is 8.18. The molecule has 0 aromatic rings. The Bertz CT molecular complexity index is 196. The van der Waals surface area contributed by atoms with Crippen molar-refractivity contribution in [3.05, 3.63) is 11.6 Å². The molecule has 0 unspecified atom stereocenters. The molecular formula is C10H16O2. The summed E-state index contributed by atoms with van der Waals surface area (Å²) < 4.78 is 0. The van der Waals surface area contributed by atoms with Crippen molar-refractivity contribution in [2.45, 2.75) is 34.1 Å². The van der Waals surface area contributed by atoms with Gasteiger partial charge in [0.15, 0.2) is 0 Å². The molecule has 0 spiro atoms. The first-order valence-corrected chi connectivity index (χ1v) is 4.09. The second-order valence-electron chi connectivity index (χ2n) is 3.29. The van der Waals surface area contributed by atoms with Crippen LogP contribution >= 0.6 is 0 Å². The molecular weight excluding hydrogens is 152 g/mol. The quantitative estimate of drug-likeness (QED) is 0.476. The number of ketones is 2. The Morgan fingerprint density at radius 1 is 1.08 bits per heavy atom. The fraction of sp³-hybridized carbons (Fsp3) is 0.600. The van der Waals surface area contributed by atoms with Crippen molar-refractivity contribution in [3.63, 3.8) is 0 Å². The van der Waals surface area contributed by atoms with Crippen molar-refractivity contribution < 1.29 is 9.59 Å². The van der Waals surface area contributed by atoms with Crippen LogP contribution in [0.4, 0.5) is 0 Å². The smallest absolute Gasteiger partial charge is 0.140 e. The van der Waals surface area contributed by atoms with Gasteiger partial charge in [-0.15, -0.1) is 0 Å². The van der Waals surface area contributed by atoms with Gasteiger partial charge in [0, 0.05) is 0 Å². The van der Waals surface area contributed by atoms with Crippen molar-refractivity contribution in [2.75, 3.05) is 0 Å². The second kappa shape index (κ2) is 4.86. The van der Waals surface area contributed by atoms with Crippen molar-refractivity contribution >= 4 is 11.6 Å². The SMILES string of the molecule is CC(=O)C(CC=C(C)C)C(C)=O. The molecule has 2 heteroatoms. The first-order valence-electron chi connectivity index (χ1n) is 4.09. The largest absolute Gasteiger partial charge is 0.299 e. The third-order valence-corrected chi connectivity index (χ3v) is 1.74. The fourth-order valence-corrected chi connectivity index (χ4v) is 0.972. The summed E-state index contributed by atoms with van der Waals surface area (Å²) in [6, 6.07) is 0. The van der Waals surface area contributed by atoms with E-state index in [2.05, 4.69) is 0 Å². The lowest BCUT2D eigenvalue weighted by atomic mass is 9.96. The van der Waals surface area contributed by atoms with E-state index in [1.54, 1.807) is 0 Å². The lowest BCUT2D eigenvalue weighted by Gasteiger charge is -2.06. The summed E-state index contributed by atoms with van der Waals surface area (Å²) in [6.45, 7) is 6.84. The zero-order chi connectivity index (χ0) is 9.72. The molecule has 68 valence electrons. The lowest BCUT2D eigenvalue weighted by Crippen LogP contribution is -2.18. The van der Waals surface area contributed by atoms with E-state index in [-0.39, 0.29) is 11.6 Å². The highest BCUT2D eigenvalue weighted by Crippen LogP contribution is 2.08. The first kappa shape index (κ1) is 11.1. The van der Waals surface area contributed by atoms with Gasteiger partial charge in [0.2, 0.25) is 0 Å². The number of hydrogen-bond acceptors (Lipinski definition) is 2. The second-order valence-corrected chi connectivity index (χ2v) is 3.29. The van der Waals surface area contributed by atoms with E-state index >= 15 is 0 Å². The number of Topliss-reactive ketones (excluding diaryl/α,β-unsaturated/α-hetero) is 2. The zero-order valence-electron chi connectivity index (χ0n) is 8.18. The number of hydrogen-bond donors (Lipinski definition) is 0. The predicted molar refractivity (Wildman–Crippen MR) is 48.9 cm³/mol.